The minimum Gasteiger partial charge on any atom is -0.467 e. The summed E-state index contributed by atoms with van der Waals surface area (Å²) in [5, 5.41) is 2.70. The fourth-order valence-electron chi connectivity index (χ4n) is 1.73. The molecule has 0 radical (unpaired) electrons. The number of rotatable bonds is 6. The fraction of sp³-hybridized carbons (Fsp3) is 0.500. The van der Waals surface area contributed by atoms with E-state index < -0.39 is 12.0 Å². The second-order valence-corrected chi connectivity index (χ2v) is 4.71. The van der Waals surface area contributed by atoms with E-state index in [0.717, 1.165) is 6.42 Å². The van der Waals surface area contributed by atoms with E-state index in [9.17, 15) is 9.59 Å². The number of amides is 1. The van der Waals surface area contributed by atoms with Gasteiger partial charge in [0.25, 0.3) is 0 Å². The summed E-state index contributed by atoms with van der Waals surface area (Å²) < 4.78 is 4.72. The van der Waals surface area contributed by atoms with Gasteiger partial charge in [-0.2, -0.15) is 0 Å². The van der Waals surface area contributed by atoms with Gasteiger partial charge >= 0.3 is 5.97 Å². The van der Waals surface area contributed by atoms with Gasteiger partial charge in [0.1, 0.15) is 6.04 Å². The summed E-state index contributed by atoms with van der Waals surface area (Å²) in [5.41, 5.74) is 6.67. The number of nitrogens with one attached hydrogen (secondary N) is 1. The van der Waals surface area contributed by atoms with Crippen molar-refractivity contribution >= 4 is 17.6 Å². The van der Waals surface area contributed by atoms with E-state index >= 15 is 0 Å². The molecule has 1 heterocycles. The molecule has 0 aromatic carbocycles. The van der Waals surface area contributed by atoms with Gasteiger partial charge in [0.15, 0.2) is 0 Å². The summed E-state index contributed by atoms with van der Waals surface area (Å²) in [5.74, 6) is -0.693. The molecule has 20 heavy (non-hydrogen) atoms. The highest BCUT2D eigenvalue weighted by molar-refractivity contribution is 5.85. The van der Waals surface area contributed by atoms with Crippen LogP contribution in [0.1, 0.15) is 26.0 Å². The van der Waals surface area contributed by atoms with Crippen molar-refractivity contribution in [1.82, 2.24) is 10.3 Å². The summed E-state index contributed by atoms with van der Waals surface area (Å²) in [7, 11) is 1.31. The topological polar surface area (TPSA) is 94.3 Å². The van der Waals surface area contributed by atoms with Gasteiger partial charge in [0.05, 0.1) is 25.4 Å². The Morgan fingerprint density at radius 1 is 1.45 bits per heavy atom. The monoisotopic (exact) mass is 279 g/mol. The fourth-order valence-corrected chi connectivity index (χ4v) is 1.73. The molecule has 0 aliphatic carbocycles. The molecule has 1 aromatic heterocycles. The molecule has 2 atom stereocenters. The molecule has 6 heteroatoms. The number of hydrogen-bond donors (Lipinski definition) is 2. The molecule has 1 aromatic rings. The van der Waals surface area contributed by atoms with Crippen LogP contribution in [0, 0.1) is 5.92 Å². The molecule has 0 aliphatic rings. The number of carbonyl (C=O) groups is 2. The Hall–Kier alpha value is -2.11. The third-order valence-corrected chi connectivity index (χ3v) is 3.17. The van der Waals surface area contributed by atoms with E-state index in [1.54, 1.807) is 12.1 Å². The predicted molar refractivity (Wildman–Crippen MR) is 75.8 cm³/mol. The van der Waals surface area contributed by atoms with Crippen molar-refractivity contribution in [3.05, 3.63) is 24.0 Å². The smallest absolute Gasteiger partial charge is 0.328 e. The quantitative estimate of drug-likeness (QED) is 0.755. The highest BCUT2D eigenvalue weighted by Crippen LogP contribution is 2.10. The first-order valence-electron chi connectivity index (χ1n) is 6.55. The maximum absolute atomic E-state index is 12.0. The molecular weight excluding hydrogens is 258 g/mol. The van der Waals surface area contributed by atoms with Crippen LogP contribution in [0.15, 0.2) is 18.3 Å². The summed E-state index contributed by atoms with van der Waals surface area (Å²) >= 11 is 0. The van der Waals surface area contributed by atoms with Gasteiger partial charge in [0, 0.05) is 5.69 Å². The summed E-state index contributed by atoms with van der Waals surface area (Å²) in [4.78, 5) is 27.7. The second kappa shape index (κ2) is 7.47. The molecule has 1 rings (SSSR count). The Labute approximate surface area is 118 Å². The van der Waals surface area contributed by atoms with Crippen LogP contribution in [0.2, 0.25) is 0 Å². The van der Waals surface area contributed by atoms with Crippen LogP contribution >= 0.6 is 0 Å². The van der Waals surface area contributed by atoms with E-state index in [1.165, 1.54) is 13.3 Å². The van der Waals surface area contributed by atoms with E-state index in [0.29, 0.717) is 11.4 Å². The standard InChI is InChI=1S/C14H21N3O3/c1-4-9(2)13(14(19)20-3)17-12(18)7-11-6-5-10(15)8-16-11/h5-6,8-9,13H,4,7,15H2,1-3H3,(H,17,18). The number of anilines is 1. The number of pyridine rings is 1. The van der Waals surface area contributed by atoms with Crippen LogP contribution in [0.25, 0.3) is 0 Å². The Morgan fingerprint density at radius 2 is 2.15 bits per heavy atom. The van der Waals surface area contributed by atoms with E-state index in [4.69, 9.17) is 10.5 Å². The first kappa shape index (κ1) is 15.9. The number of hydrogen-bond acceptors (Lipinski definition) is 5. The average molecular weight is 279 g/mol. The summed E-state index contributed by atoms with van der Waals surface area (Å²) in [6, 6.07) is 2.74. The molecule has 110 valence electrons. The number of aromatic nitrogens is 1. The van der Waals surface area contributed by atoms with Crippen molar-refractivity contribution in [3.8, 4) is 0 Å². The lowest BCUT2D eigenvalue weighted by Crippen LogP contribution is -2.46. The maximum Gasteiger partial charge on any atom is 0.328 e. The minimum atomic E-state index is -0.633. The van der Waals surface area contributed by atoms with Gasteiger partial charge in [0.2, 0.25) is 5.91 Å². The second-order valence-electron chi connectivity index (χ2n) is 4.71. The van der Waals surface area contributed by atoms with Crippen molar-refractivity contribution in [3.63, 3.8) is 0 Å². The van der Waals surface area contributed by atoms with Crippen molar-refractivity contribution in [2.45, 2.75) is 32.7 Å². The zero-order valence-corrected chi connectivity index (χ0v) is 12.1. The van der Waals surface area contributed by atoms with Crippen LogP contribution in [-0.2, 0) is 20.7 Å². The van der Waals surface area contributed by atoms with E-state index in [1.807, 2.05) is 13.8 Å². The Bertz CT molecular complexity index is 459. The Balaban J connectivity index is 2.66. The number of nitrogens with two attached hydrogens (primary N) is 1. The summed E-state index contributed by atoms with van der Waals surface area (Å²) in [6.07, 6.45) is 2.36. The summed E-state index contributed by atoms with van der Waals surface area (Å²) in [6.45, 7) is 3.84. The molecule has 0 fully saturated rings. The molecule has 0 spiro atoms. The van der Waals surface area contributed by atoms with Gasteiger partial charge < -0.3 is 15.8 Å². The normalized spacial score (nSPS) is 13.3. The molecular formula is C14H21N3O3. The molecule has 0 saturated carbocycles. The molecule has 0 saturated heterocycles. The van der Waals surface area contributed by atoms with Crippen LogP contribution < -0.4 is 11.1 Å². The van der Waals surface area contributed by atoms with Crippen molar-refractivity contribution in [2.75, 3.05) is 12.8 Å². The largest absolute Gasteiger partial charge is 0.467 e. The molecule has 0 bridgehead atoms. The Morgan fingerprint density at radius 3 is 2.65 bits per heavy atom. The Kier molecular flexibility index (Phi) is 5.96. The number of ether oxygens (including phenoxy) is 1. The van der Waals surface area contributed by atoms with Gasteiger partial charge in [-0.1, -0.05) is 20.3 Å². The lowest BCUT2D eigenvalue weighted by Gasteiger charge is -2.21. The minimum absolute atomic E-state index is 0.00535. The number of methoxy groups -OCH3 is 1. The number of carbonyl (C=O) groups excluding carboxylic acids is 2. The van der Waals surface area contributed by atoms with Crippen LogP contribution in [0.4, 0.5) is 5.69 Å². The number of nitrogens with zero attached hydrogens (tertiary/aromatic N) is 1. The number of esters is 1. The zero-order chi connectivity index (χ0) is 15.1. The van der Waals surface area contributed by atoms with E-state index in [-0.39, 0.29) is 18.2 Å². The number of nitrogen functional groups attached to an aromatic ring is 1. The van der Waals surface area contributed by atoms with Crippen LogP contribution in [0.3, 0.4) is 0 Å². The van der Waals surface area contributed by atoms with Crippen LogP contribution in [0.5, 0.6) is 0 Å². The lowest BCUT2D eigenvalue weighted by molar-refractivity contribution is -0.146. The molecule has 6 nitrogen and oxygen atoms in total. The van der Waals surface area contributed by atoms with Crippen molar-refractivity contribution < 1.29 is 14.3 Å². The third-order valence-electron chi connectivity index (χ3n) is 3.17. The highest BCUT2D eigenvalue weighted by atomic mass is 16.5. The SMILES string of the molecule is CCC(C)C(NC(=O)Cc1ccc(N)cn1)C(=O)OC. The first-order valence-corrected chi connectivity index (χ1v) is 6.55. The van der Waals surface area contributed by atoms with Gasteiger partial charge in [-0.05, 0) is 18.1 Å². The average Bonchev–Trinajstić information content (AvgIpc) is 2.45. The molecule has 2 unspecified atom stereocenters. The van der Waals surface area contributed by atoms with Crippen LogP contribution in [-0.4, -0.2) is 30.0 Å². The van der Waals surface area contributed by atoms with Gasteiger partial charge in [-0.15, -0.1) is 0 Å². The third kappa shape index (κ3) is 4.53. The van der Waals surface area contributed by atoms with Crippen molar-refractivity contribution in [2.24, 2.45) is 5.92 Å². The predicted octanol–water partition coefficient (Wildman–Crippen LogP) is 0.910. The molecule has 1 amide bonds. The zero-order valence-electron chi connectivity index (χ0n) is 12.1. The van der Waals surface area contributed by atoms with Gasteiger partial charge in [-0.25, -0.2) is 4.79 Å². The highest BCUT2D eigenvalue weighted by Gasteiger charge is 2.26. The molecule has 0 aliphatic heterocycles. The first-order chi connectivity index (χ1) is 9.47. The lowest BCUT2D eigenvalue weighted by atomic mass is 9.99. The van der Waals surface area contributed by atoms with Gasteiger partial charge in [-0.3, -0.25) is 9.78 Å². The van der Waals surface area contributed by atoms with Crippen molar-refractivity contribution in [1.29, 1.82) is 0 Å². The maximum atomic E-state index is 12.0. The molecule has 3 N–H and O–H groups in total. The van der Waals surface area contributed by atoms with E-state index in [2.05, 4.69) is 10.3 Å².